The molecule has 0 saturated carbocycles. The lowest BCUT2D eigenvalue weighted by atomic mass is 10.9. The van der Waals surface area contributed by atoms with Crippen molar-refractivity contribution in [3.05, 3.63) is 7.11 Å². The van der Waals surface area contributed by atoms with Gasteiger partial charge in [-0.25, -0.2) is 0 Å². The van der Waals surface area contributed by atoms with E-state index in [0.717, 1.165) is 12.4 Å². The predicted molar refractivity (Wildman–Crippen MR) is 34.3 cm³/mol. The maximum Gasteiger partial charge on any atom is 0.0700 e. The molecule has 0 aliphatic rings. The molecule has 0 bridgehead atoms. The van der Waals surface area contributed by atoms with Crippen LogP contribution in [0.1, 0.15) is 6.92 Å². The van der Waals surface area contributed by atoms with Crippen molar-refractivity contribution in [1.29, 1.82) is 0 Å². The minimum absolute atomic E-state index is 0.776. The van der Waals surface area contributed by atoms with Crippen molar-refractivity contribution in [3.63, 3.8) is 0 Å². The van der Waals surface area contributed by atoms with Crippen LogP contribution in [0, 0.1) is 7.11 Å². The van der Waals surface area contributed by atoms with E-state index in [1.807, 2.05) is 11.8 Å². The Morgan fingerprint density at radius 3 is 2.86 bits per heavy atom. The van der Waals surface area contributed by atoms with Gasteiger partial charge in [-0.3, -0.25) is 0 Å². The summed E-state index contributed by atoms with van der Waals surface area (Å²) < 4.78 is 4.57. The summed E-state index contributed by atoms with van der Waals surface area (Å²) in [7, 11) is 3.24. The highest BCUT2D eigenvalue weighted by Crippen LogP contribution is 1.95. The third kappa shape index (κ3) is 6.31. The Kier molecular flexibility index (Phi) is 6.59. The zero-order chi connectivity index (χ0) is 5.54. The summed E-state index contributed by atoms with van der Waals surface area (Å²) in [6.07, 6.45) is 0. The maximum absolute atomic E-state index is 4.57. The lowest BCUT2D eigenvalue weighted by Crippen LogP contribution is -1.88. The van der Waals surface area contributed by atoms with Crippen LogP contribution in [0.25, 0.3) is 0 Å². The fourth-order valence-corrected chi connectivity index (χ4v) is 0.787. The van der Waals surface area contributed by atoms with Gasteiger partial charge in [0.1, 0.15) is 0 Å². The summed E-state index contributed by atoms with van der Waals surface area (Å²) in [5, 5.41) is 0. The van der Waals surface area contributed by atoms with Gasteiger partial charge in [-0.2, -0.15) is 11.8 Å². The molecule has 0 N–H and O–H groups in total. The van der Waals surface area contributed by atoms with Crippen molar-refractivity contribution < 1.29 is 4.74 Å². The Morgan fingerprint density at radius 1 is 1.71 bits per heavy atom. The molecular weight excluding hydrogens is 108 g/mol. The molecule has 0 saturated heterocycles. The van der Waals surface area contributed by atoms with Gasteiger partial charge in [0.15, 0.2) is 0 Å². The van der Waals surface area contributed by atoms with Gasteiger partial charge in [0.2, 0.25) is 0 Å². The van der Waals surface area contributed by atoms with Crippen molar-refractivity contribution >= 4 is 11.8 Å². The van der Waals surface area contributed by atoms with Crippen molar-refractivity contribution in [3.8, 4) is 0 Å². The summed E-state index contributed by atoms with van der Waals surface area (Å²) >= 11 is 1.87. The van der Waals surface area contributed by atoms with Gasteiger partial charge in [-0.15, -0.1) is 0 Å². The molecule has 0 amide bonds. The highest BCUT2D eigenvalue weighted by Gasteiger charge is 1.79. The SMILES string of the molecule is [CH2]OCCSCC. The number of hydrogen-bond acceptors (Lipinski definition) is 2. The van der Waals surface area contributed by atoms with Crippen LogP contribution in [-0.4, -0.2) is 18.1 Å². The average Bonchev–Trinajstić information content (AvgIpc) is 1.69. The molecule has 0 aliphatic heterocycles. The number of thioether (sulfide) groups is 1. The molecule has 0 spiro atoms. The van der Waals surface area contributed by atoms with Crippen LogP contribution in [0.3, 0.4) is 0 Å². The van der Waals surface area contributed by atoms with Crippen molar-refractivity contribution in [2.24, 2.45) is 0 Å². The lowest BCUT2D eigenvalue weighted by molar-refractivity contribution is 0.265. The first-order chi connectivity index (χ1) is 3.41. The fraction of sp³-hybridized carbons (Fsp3) is 0.800. The molecule has 0 fully saturated rings. The van der Waals surface area contributed by atoms with Gasteiger partial charge in [-0.05, 0) is 5.75 Å². The van der Waals surface area contributed by atoms with Crippen LogP contribution in [0.2, 0.25) is 0 Å². The Balaban J connectivity index is 2.45. The van der Waals surface area contributed by atoms with Crippen LogP contribution < -0.4 is 0 Å². The molecule has 0 aromatic carbocycles. The van der Waals surface area contributed by atoms with Gasteiger partial charge in [0, 0.05) is 5.75 Å². The zero-order valence-corrected chi connectivity index (χ0v) is 5.46. The standard InChI is InChI=1S/C5H11OS/c1-3-7-5-4-6-2/h2-5H2,1H3. The second-order valence-electron chi connectivity index (χ2n) is 1.11. The molecule has 1 nitrogen and oxygen atoms in total. The zero-order valence-electron chi connectivity index (χ0n) is 4.64. The Bertz CT molecular complexity index is 27.3. The van der Waals surface area contributed by atoms with Gasteiger partial charge in [-0.1, -0.05) is 6.92 Å². The van der Waals surface area contributed by atoms with Crippen molar-refractivity contribution in [2.45, 2.75) is 6.92 Å². The molecule has 43 valence electrons. The van der Waals surface area contributed by atoms with Crippen LogP contribution in [-0.2, 0) is 4.74 Å². The molecule has 7 heavy (non-hydrogen) atoms. The van der Waals surface area contributed by atoms with E-state index < -0.39 is 0 Å². The third-order valence-corrected chi connectivity index (χ3v) is 1.44. The Labute approximate surface area is 49.4 Å². The van der Waals surface area contributed by atoms with Gasteiger partial charge in [0.05, 0.1) is 13.7 Å². The van der Waals surface area contributed by atoms with Crippen LogP contribution in [0.15, 0.2) is 0 Å². The Morgan fingerprint density at radius 2 is 2.43 bits per heavy atom. The predicted octanol–water partition coefficient (Wildman–Crippen LogP) is 1.55. The third-order valence-electron chi connectivity index (χ3n) is 0.576. The topological polar surface area (TPSA) is 9.23 Å². The van der Waals surface area contributed by atoms with Crippen LogP contribution >= 0.6 is 11.8 Å². The Hall–Kier alpha value is 0.310. The summed E-state index contributed by atoms with van der Waals surface area (Å²) in [6, 6.07) is 0. The van der Waals surface area contributed by atoms with E-state index in [1.54, 1.807) is 0 Å². The second kappa shape index (κ2) is 6.31. The molecule has 0 aromatic rings. The largest absolute Gasteiger partial charge is 0.378 e. The fourth-order valence-electron chi connectivity index (χ4n) is 0.262. The molecular formula is C5H11OS. The first-order valence-corrected chi connectivity index (χ1v) is 3.52. The van der Waals surface area contributed by atoms with E-state index >= 15 is 0 Å². The molecule has 0 unspecified atom stereocenters. The van der Waals surface area contributed by atoms with Gasteiger partial charge in [0.25, 0.3) is 0 Å². The second-order valence-corrected chi connectivity index (χ2v) is 2.50. The van der Waals surface area contributed by atoms with Gasteiger partial charge < -0.3 is 4.74 Å². The van der Waals surface area contributed by atoms with Crippen molar-refractivity contribution in [2.75, 3.05) is 18.1 Å². The quantitative estimate of drug-likeness (QED) is 0.519. The average molecular weight is 119 g/mol. The van der Waals surface area contributed by atoms with Crippen molar-refractivity contribution in [1.82, 2.24) is 0 Å². The highest BCUT2D eigenvalue weighted by atomic mass is 32.2. The van der Waals surface area contributed by atoms with E-state index in [4.69, 9.17) is 0 Å². The molecule has 0 aliphatic carbocycles. The smallest absolute Gasteiger partial charge is 0.0700 e. The van der Waals surface area contributed by atoms with E-state index in [2.05, 4.69) is 18.8 Å². The van der Waals surface area contributed by atoms with Gasteiger partial charge >= 0.3 is 0 Å². The molecule has 0 rings (SSSR count). The summed E-state index contributed by atoms with van der Waals surface area (Å²) in [6.45, 7) is 2.91. The molecule has 0 aromatic heterocycles. The monoisotopic (exact) mass is 119 g/mol. The van der Waals surface area contributed by atoms with Crippen LogP contribution in [0.4, 0.5) is 0 Å². The first kappa shape index (κ1) is 7.31. The summed E-state index contributed by atoms with van der Waals surface area (Å²) in [5.74, 6) is 2.24. The summed E-state index contributed by atoms with van der Waals surface area (Å²) in [5.41, 5.74) is 0. The minimum atomic E-state index is 0.776. The number of rotatable bonds is 4. The van der Waals surface area contributed by atoms with E-state index in [9.17, 15) is 0 Å². The highest BCUT2D eigenvalue weighted by molar-refractivity contribution is 7.99. The first-order valence-electron chi connectivity index (χ1n) is 2.36. The molecule has 0 heterocycles. The van der Waals surface area contributed by atoms with E-state index in [0.29, 0.717) is 0 Å². The van der Waals surface area contributed by atoms with Crippen LogP contribution in [0.5, 0.6) is 0 Å². The normalized spacial score (nSPS) is 9.43. The number of ether oxygens (including phenoxy) is 1. The lowest BCUT2D eigenvalue weighted by Gasteiger charge is -1.92. The molecule has 2 heteroatoms. The van der Waals surface area contributed by atoms with E-state index in [-0.39, 0.29) is 0 Å². The number of hydrogen-bond donors (Lipinski definition) is 0. The molecule has 1 radical (unpaired) electrons. The summed E-state index contributed by atoms with van der Waals surface area (Å²) in [4.78, 5) is 0. The minimum Gasteiger partial charge on any atom is -0.378 e. The molecule has 0 atom stereocenters. The maximum atomic E-state index is 4.57. The van der Waals surface area contributed by atoms with E-state index in [1.165, 1.54) is 5.75 Å².